The van der Waals surface area contributed by atoms with Crippen molar-refractivity contribution in [2.75, 3.05) is 24.5 Å². The summed E-state index contributed by atoms with van der Waals surface area (Å²) in [6, 6.07) is 5.04. The van der Waals surface area contributed by atoms with Crippen molar-refractivity contribution in [1.29, 1.82) is 0 Å². The van der Waals surface area contributed by atoms with Gasteiger partial charge in [-0.15, -0.1) is 0 Å². The van der Waals surface area contributed by atoms with Crippen LogP contribution in [0.1, 0.15) is 35.7 Å². The van der Waals surface area contributed by atoms with Gasteiger partial charge in [-0.05, 0) is 56.1 Å². The first kappa shape index (κ1) is 14.1. The number of carboxylic acid groups (broad SMARTS) is 1. The number of nitrogens with one attached hydrogen (secondary N) is 1. The van der Waals surface area contributed by atoms with Gasteiger partial charge in [-0.2, -0.15) is 0 Å². The second kappa shape index (κ2) is 5.15. The molecule has 1 fully saturated rings. The first-order chi connectivity index (χ1) is 10.0. The van der Waals surface area contributed by atoms with Gasteiger partial charge >= 0.3 is 5.97 Å². The minimum Gasteiger partial charge on any atom is -0.478 e. The van der Waals surface area contributed by atoms with Crippen LogP contribution in [0.2, 0.25) is 0 Å². The van der Waals surface area contributed by atoms with E-state index in [1.807, 2.05) is 11.8 Å². The van der Waals surface area contributed by atoms with Gasteiger partial charge in [-0.3, -0.25) is 4.79 Å². The third kappa shape index (κ3) is 2.42. The maximum Gasteiger partial charge on any atom is 0.335 e. The number of amides is 1. The molecule has 2 aliphatic rings. The number of fused-ring (bicyclic) bond motifs is 1. The topological polar surface area (TPSA) is 69.6 Å². The lowest BCUT2D eigenvalue weighted by molar-refractivity contribution is -0.128. The molecule has 1 aromatic rings. The zero-order valence-electron chi connectivity index (χ0n) is 12.2. The second-order valence-corrected chi connectivity index (χ2v) is 6.17. The molecule has 1 amide bonds. The van der Waals surface area contributed by atoms with Crippen LogP contribution in [0.25, 0.3) is 0 Å². The van der Waals surface area contributed by atoms with Crippen LogP contribution in [0.4, 0.5) is 5.69 Å². The number of carboxylic acids is 1. The Kier molecular flexibility index (Phi) is 3.45. The van der Waals surface area contributed by atoms with Gasteiger partial charge in [0.15, 0.2) is 0 Å². The molecule has 0 aliphatic carbocycles. The van der Waals surface area contributed by atoms with Crippen LogP contribution in [-0.4, -0.2) is 36.6 Å². The van der Waals surface area contributed by atoms with Crippen LogP contribution in [0.15, 0.2) is 18.2 Å². The summed E-state index contributed by atoms with van der Waals surface area (Å²) in [7, 11) is 0. The van der Waals surface area contributed by atoms with Crippen molar-refractivity contribution in [3.63, 3.8) is 0 Å². The molecule has 2 N–H and O–H groups in total. The van der Waals surface area contributed by atoms with E-state index in [0.717, 1.165) is 43.6 Å². The summed E-state index contributed by atoms with van der Waals surface area (Å²) < 4.78 is 0. The maximum atomic E-state index is 12.9. The molecular formula is C16H20N2O3. The van der Waals surface area contributed by atoms with Gasteiger partial charge in [0.1, 0.15) is 0 Å². The van der Waals surface area contributed by atoms with E-state index in [0.29, 0.717) is 6.54 Å². The Bertz CT molecular complexity index is 591. The zero-order chi connectivity index (χ0) is 15.0. The van der Waals surface area contributed by atoms with Gasteiger partial charge in [0.2, 0.25) is 5.91 Å². The average molecular weight is 288 g/mol. The molecular weight excluding hydrogens is 268 g/mol. The predicted octanol–water partition coefficient (Wildman–Crippen LogP) is 1.66. The zero-order valence-corrected chi connectivity index (χ0v) is 12.2. The van der Waals surface area contributed by atoms with E-state index in [1.165, 1.54) is 0 Å². The predicted molar refractivity (Wildman–Crippen MR) is 79.7 cm³/mol. The van der Waals surface area contributed by atoms with E-state index >= 15 is 0 Å². The summed E-state index contributed by atoms with van der Waals surface area (Å²) in [5, 5.41) is 12.3. The third-order valence-corrected chi connectivity index (χ3v) is 4.69. The molecule has 1 saturated heterocycles. The minimum atomic E-state index is -0.923. The number of rotatable bonds is 2. The number of carbonyl (C=O) groups is 2. The van der Waals surface area contributed by atoms with Crippen molar-refractivity contribution in [3.8, 4) is 0 Å². The lowest BCUT2D eigenvalue weighted by Crippen LogP contribution is -2.47. The number of piperidine rings is 1. The number of anilines is 1. The molecule has 0 unspecified atom stereocenters. The Morgan fingerprint density at radius 2 is 2.00 bits per heavy atom. The lowest BCUT2D eigenvalue weighted by Gasteiger charge is -2.36. The van der Waals surface area contributed by atoms with Crippen LogP contribution in [-0.2, 0) is 11.2 Å². The summed E-state index contributed by atoms with van der Waals surface area (Å²) >= 11 is 0. The fourth-order valence-corrected chi connectivity index (χ4v) is 3.26. The molecule has 112 valence electrons. The van der Waals surface area contributed by atoms with E-state index in [4.69, 9.17) is 5.11 Å². The van der Waals surface area contributed by atoms with Crippen molar-refractivity contribution in [2.45, 2.75) is 26.2 Å². The summed E-state index contributed by atoms with van der Waals surface area (Å²) in [5.41, 5.74) is 1.82. The fraction of sp³-hybridized carbons (Fsp3) is 0.500. The summed E-state index contributed by atoms with van der Waals surface area (Å²) in [6.45, 7) is 4.45. The molecule has 0 atom stereocenters. The number of aromatic carboxylic acids is 1. The standard InChI is InChI=1S/C16H20N2O3/c1-16(5-7-17-8-6-16)15(21)18-9-4-11-10-12(14(19)20)2-3-13(11)18/h2-3,10,17H,4-9H2,1H3,(H,19,20). The average Bonchev–Trinajstić information content (AvgIpc) is 2.90. The molecule has 5 heteroatoms. The van der Waals surface area contributed by atoms with Gasteiger partial charge in [-0.25, -0.2) is 4.79 Å². The van der Waals surface area contributed by atoms with Crippen molar-refractivity contribution < 1.29 is 14.7 Å². The molecule has 3 rings (SSSR count). The van der Waals surface area contributed by atoms with Gasteiger partial charge < -0.3 is 15.3 Å². The highest BCUT2D eigenvalue weighted by molar-refractivity contribution is 6.00. The third-order valence-electron chi connectivity index (χ3n) is 4.69. The SMILES string of the molecule is CC1(C(=O)N2CCc3cc(C(=O)O)ccc32)CCNCC1. The minimum absolute atomic E-state index is 0.172. The van der Waals surface area contributed by atoms with Gasteiger partial charge in [0.05, 0.1) is 5.56 Å². The molecule has 5 nitrogen and oxygen atoms in total. The lowest BCUT2D eigenvalue weighted by atomic mass is 9.79. The van der Waals surface area contributed by atoms with E-state index in [-0.39, 0.29) is 16.9 Å². The molecule has 2 heterocycles. The molecule has 0 saturated carbocycles. The number of nitrogens with zero attached hydrogens (tertiary/aromatic N) is 1. The molecule has 0 aromatic heterocycles. The number of hydrogen-bond acceptors (Lipinski definition) is 3. The van der Waals surface area contributed by atoms with Gasteiger partial charge in [0.25, 0.3) is 0 Å². The Balaban J connectivity index is 1.87. The smallest absolute Gasteiger partial charge is 0.335 e. The van der Waals surface area contributed by atoms with Gasteiger partial charge in [0, 0.05) is 17.6 Å². The first-order valence-corrected chi connectivity index (χ1v) is 7.40. The molecule has 0 radical (unpaired) electrons. The molecule has 0 bridgehead atoms. The van der Waals surface area contributed by atoms with Crippen LogP contribution in [0.5, 0.6) is 0 Å². The summed E-state index contributed by atoms with van der Waals surface area (Å²) in [6.07, 6.45) is 2.44. The molecule has 21 heavy (non-hydrogen) atoms. The van der Waals surface area contributed by atoms with E-state index < -0.39 is 5.97 Å². The van der Waals surface area contributed by atoms with Crippen molar-refractivity contribution in [2.24, 2.45) is 5.41 Å². The normalized spacial score (nSPS) is 20.1. The molecule has 0 spiro atoms. The quantitative estimate of drug-likeness (QED) is 0.868. The highest BCUT2D eigenvalue weighted by Gasteiger charge is 2.40. The van der Waals surface area contributed by atoms with E-state index in [9.17, 15) is 9.59 Å². The van der Waals surface area contributed by atoms with Crippen LogP contribution < -0.4 is 10.2 Å². The van der Waals surface area contributed by atoms with Crippen molar-refractivity contribution in [1.82, 2.24) is 5.32 Å². The van der Waals surface area contributed by atoms with Crippen molar-refractivity contribution in [3.05, 3.63) is 29.3 Å². The Morgan fingerprint density at radius 3 is 2.67 bits per heavy atom. The first-order valence-electron chi connectivity index (χ1n) is 7.40. The number of hydrogen-bond donors (Lipinski definition) is 2. The highest BCUT2D eigenvalue weighted by atomic mass is 16.4. The second-order valence-electron chi connectivity index (χ2n) is 6.17. The van der Waals surface area contributed by atoms with E-state index in [1.54, 1.807) is 18.2 Å². The molecule has 2 aliphatic heterocycles. The summed E-state index contributed by atoms with van der Waals surface area (Å²) in [4.78, 5) is 25.8. The van der Waals surface area contributed by atoms with Crippen LogP contribution in [0.3, 0.4) is 0 Å². The van der Waals surface area contributed by atoms with Gasteiger partial charge in [-0.1, -0.05) is 6.92 Å². The monoisotopic (exact) mass is 288 g/mol. The van der Waals surface area contributed by atoms with Crippen molar-refractivity contribution >= 4 is 17.6 Å². The Labute approximate surface area is 123 Å². The number of benzene rings is 1. The Hall–Kier alpha value is -1.88. The number of carbonyl (C=O) groups excluding carboxylic acids is 1. The fourth-order valence-electron chi connectivity index (χ4n) is 3.26. The van der Waals surface area contributed by atoms with E-state index in [2.05, 4.69) is 5.32 Å². The largest absolute Gasteiger partial charge is 0.478 e. The Morgan fingerprint density at radius 1 is 1.29 bits per heavy atom. The maximum absolute atomic E-state index is 12.9. The van der Waals surface area contributed by atoms with Crippen LogP contribution >= 0.6 is 0 Å². The van der Waals surface area contributed by atoms with Crippen LogP contribution in [0, 0.1) is 5.41 Å². The highest BCUT2D eigenvalue weighted by Crippen LogP contribution is 2.36. The molecule has 1 aromatic carbocycles. The summed E-state index contributed by atoms with van der Waals surface area (Å²) in [5.74, 6) is -0.751.